The van der Waals surface area contributed by atoms with Crippen molar-refractivity contribution in [2.24, 2.45) is 0 Å². The first-order valence-corrected chi connectivity index (χ1v) is 19.0. The SMILES string of the molecule is COc1c(F)ccc2c1CC[C@@H]2Nc1nccc2cc(-c3c4c(nc(C[C@H]5CCc6cc(Cl)ccc65)c3-c3nnc(C)o3)[C@@H]3CCCN3C4=O)sc12. The van der Waals surface area contributed by atoms with Gasteiger partial charge in [-0.2, -0.15) is 0 Å². The van der Waals surface area contributed by atoms with Crippen molar-refractivity contribution in [3.05, 3.63) is 105 Å². The summed E-state index contributed by atoms with van der Waals surface area (Å²) in [6.45, 7) is 2.49. The van der Waals surface area contributed by atoms with Gasteiger partial charge in [0.15, 0.2) is 11.6 Å². The van der Waals surface area contributed by atoms with Crippen LogP contribution in [-0.4, -0.2) is 44.6 Å². The summed E-state index contributed by atoms with van der Waals surface area (Å²) in [5.41, 5.74) is 8.34. The van der Waals surface area contributed by atoms with Crippen molar-refractivity contribution in [1.82, 2.24) is 25.1 Å². The maximum absolute atomic E-state index is 14.5. The Morgan fingerprint density at radius 3 is 2.79 bits per heavy atom. The second kappa shape index (κ2) is 12.1. The number of thiophene rings is 1. The highest BCUT2D eigenvalue weighted by atomic mass is 35.5. The van der Waals surface area contributed by atoms with Crippen molar-refractivity contribution in [3.8, 4) is 27.6 Å². The van der Waals surface area contributed by atoms with E-state index in [0.717, 1.165) is 91.5 Å². The van der Waals surface area contributed by atoms with Gasteiger partial charge < -0.3 is 19.4 Å². The van der Waals surface area contributed by atoms with Crippen molar-refractivity contribution < 1.29 is 18.3 Å². The molecule has 10 rings (SSSR count). The molecule has 12 heteroatoms. The summed E-state index contributed by atoms with van der Waals surface area (Å²) in [6, 6.07) is 13.5. The molecule has 0 saturated carbocycles. The number of halogens is 2. The lowest BCUT2D eigenvalue weighted by molar-refractivity contribution is 0.0776. The molecule has 2 aromatic carbocycles. The number of rotatable bonds is 7. The maximum Gasteiger partial charge on any atom is 0.257 e. The minimum atomic E-state index is -0.349. The summed E-state index contributed by atoms with van der Waals surface area (Å²) >= 11 is 7.98. The average Bonchev–Trinajstić information content (AvgIpc) is 3.99. The van der Waals surface area contributed by atoms with E-state index in [-0.39, 0.29) is 29.7 Å². The standard InChI is InChI=1S/C40H34ClFN6O3S/c1-19-46-47-39(51-19)32-29(17-21-6-5-20-16-23(41)7-8-24(20)21)44-35-30-4-3-15-48(30)40(49)34(35)33(32)31-18-22-13-14-43-38(37(22)52-31)45-28-12-10-26-25(28)9-11-27(42)36(26)50-2/h7-9,11,13-14,16,18,21,28,30H,3-6,10,12,15,17H2,1-2H3,(H,43,45)/t21-,28+,30+/m1/s1. The number of nitrogens with zero attached hydrogens (tertiary/aromatic N) is 5. The van der Waals surface area contributed by atoms with Gasteiger partial charge in [0.1, 0.15) is 5.82 Å². The van der Waals surface area contributed by atoms with E-state index in [0.29, 0.717) is 42.5 Å². The first-order valence-electron chi connectivity index (χ1n) is 17.8. The molecule has 4 aromatic heterocycles. The molecule has 262 valence electrons. The lowest BCUT2D eigenvalue weighted by atomic mass is 9.89. The largest absolute Gasteiger partial charge is 0.493 e. The molecule has 1 saturated heterocycles. The predicted octanol–water partition coefficient (Wildman–Crippen LogP) is 9.18. The molecule has 3 atom stereocenters. The number of carbonyl (C=O) groups is 1. The predicted molar refractivity (Wildman–Crippen MR) is 198 cm³/mol. The molecule has 2 aliphatic carbocycles. The molecule has 6 heterocycles. The Balaban J connectivity index is 1.14. The number of pyridine rings is 2. The molecule has 1 amide bonds. The van der Waals surface area contributed by atoms with E-state index in [2.05, 4.69) is 33.7 Å². The maximum atomic E-state index is 14.5. The molecule has 6 aromatic rings. The van der Waals surface area contributed by atoms with Crippen molar-refractivity contribution in [3.63, 3.8) is 0 Å². The minimum Gasteiger partial charge on any atom is -0.493 e. The van der Waals surface area contributed by atoms with Gasteiger partial charge in [-0.15, -0.1) is 21.5 Å². The molecule has 0 unspecified atom stereocenters. The van der Waals surface area contributed by atoms with Crippen molar-refractivity contribution in [2.45, 2.75) is 69.9 Å². The van der Waals surface area contributed by atoms with Crippen LogP contribution in [0.4, 0.5) is 10.2 Å². The Morgan fingerprint density at radius 1 is 1.06 bits per heavy atom. The number of methoxy groups -OCH3 is 1. The van der Waals surface area contributed by atoms with Crippen LogP contribution in [-0.2, 0) is 19.3 Å². The third-order valence-corrected chi connectivity index (χ3v) is 12.7. The summed E-state index contributed by atoms with van der Waals surface area (Å²) < 4.78 is 27.1. The van der Waals surface area contributed by atoms with Gasteiger partial charge >= 0.3 is 0 Å². The van der Waals surface area contributed by atoms with Crippen molar-refractivity contribution >= 4 is 44.7 Å². The summed E-state index contributed by atoms with van der Waals surface area (Å²) in [5.74, 6) is 1.75. The number of hydrogen-bond donors (Lipinski definition) is 1. The van der Waals surface area contributed by atoms with E-state index in [9.17, 15) is 9.18 Å². The number of carbonyl (C=O) groups excluding carboxylic acids is 1. The number of aromatic nitrogens is 4. The minimum absolute atomic E-state index is 0.00237. The zero-order valence-corrected chi connectivity index (χ0v) is 30.2. The average molecular weight is 733 g/mol. The molecular weight excluding hydrogens is 699 g/mol. The lowest BCUT2D eigenvalue weighted by Crippen LogP contribution is -2.22. The first-order chi connectivity index (χ1) is 25.4. The van der Waals surface area contributed by atoms with Crippen molar-refractivity contribution in [2.75, 3.05) is 19.0 Å². The topological polar surface area (TPSA) is 106 Å². The van der Waals surface area contributed by atoms with E-state index in [1.165, 1.54) is 24.3 Å². The summed E-state index contributed by atoms with van der Waals surface area (Å²) in [5, 5.41) is 14.2. The summed E-state index contributed by atoms with van der Waals surface area (Å²) in [6.07, 6.45) is 7.73. The summed E-state index contributed by atoms with van der Waals surface area (Å²) in [7, 11) is 1.51. The van der Waals surface area contributed by atoms with Gasteiger partial charge in [-0.1, -0.05) is 23.7 Å². The van der Waals surface area contributed by atoms with Crippen LogP contribution < -0.4 is 10.1 Å². The molecule has 2 aliphatic heterocycles. The molecule has 1 N–H and O–H groups in total. The Hall–Kier alpha value is -4.87. The van der Waals surface area contributed by atoms with Crippen LogP contribution in [0.15, 0.2) is 53.1 Å². The quantitative estimate of drug-likeness (QED) is 0.173. The fraction of sp³-hybridized carbons (Fsp3) is 0.325. The lowest BCUT2D eigenvalue weighted by Gasteiger charge is -2.19. The molecule has 0 radical (unpaired) electrons. The van der Waals surface area contributed by atoms with Crippen LogP contribution in [0.1, 0.15) is 93.6 Å². The Kier molecular flexibility index (Phi) is 7.41. The first kappa shape index (κ1) is 31.8. The fourth-order valence-corrected chi connectivity index (χ4v) is 10.4. The third kappa shape index (κ3) is 4.89. The molecule has 9 nitrogen and oxygen atoms in total. The van der Waals surface area contributed by atoms with Crippen LogP contribution in [0.3, 0.4) is 0 Å². The van der Waals surface area contributed by atoms with E-state index in [4.69, 9.17) is 30.7 Å². The number of amides is 1. The number of nitrogens with one attached hydrogen (secondary N) is 1. The second-order valence-corrected chi connectivity index (χ2v) is 15.7. The fourth-order valence-electron chi connectivity index (χ4n) is 9.06. The van der Waals surface area contributed by atoms with Gasteiger partial charge in [0.25, 0.3) is 5.91 Å². The van der Waals surface area contributed by atoms with Crippen LogP contribution >= 0.6 is 22.9 Å². The van der Waals surface area contributed by atoms with Crippen LogP contribution in [0.2, 0.25) is 5.02 Å². The van der Waals surface area contributed by atoms with Crippen molar-refractivity contribution in [1.29, 1.82) is 0 Å². The summed E-state index contributed by atoms with van der Waals surface area (Å²) in [4.78, 5) is 27.4. The molecule has 0 bridgehead atoms. The number of ether oxygens (including phenoxy) is 1. The number of fused-ring (bicyclic) bond motifs is 6. The van der Waals surface area contributed by atoms with E-state index < -0.39 is 0 Å². The van der Waals surface area contributed by atoms with Crippen LogP contribution in [0.25, 0.3) is 32.0 Å². The van der Waals surface area contributed by atoms with Crippen LogP contribution in [0, 0.1) is 12.7 Å². The second-order valence-electron chi connectivity index (χ2n) is 14.2. The van der Waals surface area contributed by atoms with Gasteiger partial charge in [-0.05, 0) is 103 Å². The van der Waals surface area contributed by atoms with E-state index in [1.54, 1.807) is 24.5 Å². The smallest absolute Gasteiger partial charge is 0.257 e. The van der Waals surface area contributed by atoms with Gasteiger partial charge in [-0.25, -0.2) is 9.37 Å². The van der Waals surface area contributed by atoms with Gasteiger partial charge in [-0.3, -0.25) is 9.78 Å². The number of benzene rings is 2. The zero-order valence-electron chi connectivity index (χ0n) is 28.6. The van der Waals surface area contributed by atoms with Gasteiger partial charge in [0.05, 0.1) is 46.4 Å². The van der Waals surface area contributed by atoms with Gasteiger partial charge in [0.2, 0.25) is 11.8 Å². The van der Waals surface area contributed by atoms with Crippen LogP contribution in [0.5, 0.6) is 5.75 Å². The molecule has 52 heavy (non-hydrogen) atoms. The Labute approximate surface area is 308 Å². The monoisotopic (exact) mass is 732 g/mol. The highest BCUT2D eigenvalue weighted by Crippen LogP contribution is 2.52. The highest BCUT2D eigenvalue weighted by molar-refractivity contribution is 7.23. The number of aryl methyl sites for hydroxylation is 2. The molecule has 1 fully saturated rings. The van der Waals surface area contributed by atoms with E-state index >= 15 is 0 Å². The van der Waals surface area contributed by atoms with E-state index in [1.807, 2.05) is 23.1 Å². The molecular formula is C40H34ClFN6O3S. The normalized spacial score (nSPS) is 20.0. The number of hydrogen-bond acceptors (Lipinski definition) is 9. The third-order valence-electron chi connectivity index (χ3n) is 11.3. The molecule has 4 aliphatic rings. The zero-order chi connectivity index (χ0) is 35.2. The molecule has 0 spiro atoms. The van der Waals surface area contributed by atoms with Gasteiger partial charge in [0, 0.05) is 40.7 Å². The Bertz CT molecular complexity index is 2460. The number of anilines is 1. The Morgan fingerprint density at radius 2 is 1.94 bits per heavy atom. The highest BCUT2D eigenvalue weighted by Gasteiger charge is 2.45.